The predicted octanol–water partition coefficient (Wildman–Crippen LogP) is 3.08. The summed E-state index contributed by atoms with van der Waals surface area (Å²) in [5.41, 5.74) is 0.982. The van der Waals surface area contributed by atoms with Gasteiger partial charge in [0.15, 0.2) is 11.5 Å². The molecule has 2 heterocycles. The fourth-order valence-corrected chi connectivity index (χ4v) is 2.89. The van der Waals surface area contributed by atoms with Crippen molar-refractivity contribution in [3.63, 3.8) is 0 Å². The van der Waals surface area contributed by atoms with Gasteiger partial charge in [-0.3, -0.25) is 0 Å². The molecule has 0 bridgehead atoms. The van der Waals surface area contributed by atoms with Gasteiger partial charge >= 0.3 is 6.03 Å². The van der Waals surface area contributed by atoms with E-state index < -0.39 is 0 Å². The van der Waals surface area contributed by atoms with Crippen molar-refractivity contribution in [3.05, 3.63) is 46.2 Å². The highest BCUT2D eigenvalue weighted by Gasteiger charge is 2.15. The Labute approximate surface area is 133 Å². The van der Waals surface area contributed by atoms with E-state index in [9.17, 15) is 4.79 Å². The number of urea groups is 1. The fraction of sp³-hybridized carbons (Fsp3) is 0.312. The number of nitrogens with one attached hydrogen (secondary N) is 2. The molecule has 0 saturated carbocycles. The minimum Gasteiger partial charge on any atom is -0.486 e. The van der Waals surface area contributed by atoms with Crippen LogP contribution in [0.5, 0.6) is 11.5 Å². The Bertz CT molecular complexity index is 643. The number of hydrogen-bond donors (Lipinski definition) is 2. The number of hydrogen-bond acceptors (Lipinski definition) is 4. The summed E-state index contributed by atoms with van der Waals surface area (Å²) >= 11 is 1.62. The summed E-state index contributed by atoms with van der Waals surface area (Å²) in [6.45, 7) is 3.61. The minimum atomic E-state index is -0.184. The summed E-state index contributed by atoms with van der Waals surface area (Å²) in [7, 11) is 0. The van der Waals surface area contributed by atoms with Crippen LogP contribution in [0.1, 0.15) is 23.4 Å². The fourth-order valence-electron chi connectivity index (χ4n) is 2.24. The Morgan fingerprint density at radius 3 is 2.86 bits per heavy atom. The van der Waals surface area contributed by atoms with Crippen molar-refractivity contribution in [3.8, 4) is 11.5 Å². The van der Waals surface area contributed by atoms with Crippen molar-refractivity contribution in [2.75, 3.05) is 13.2 Å². The van der Waals surface area contributed by atoms with Crippen LogP contribution in [0.3, 0.4) is 0 Å². The summed E-state index contributed by atoms with van der Waals surface area (Å²) in [5.74, 6) is 1.49. The zero-order chi connectivity index (χ0) is 15.4. The molecule has 0 saturated heterocycles. The lowest BCUT2D eigenvalue weighted by Crippen LogP contribution is -2.36. The van der Waals surface area contributed by atoms with Gasteiger partial charge in [-0.25, -0.2) is 4.79 Å². The highest BCUT2D eigenvalue weighted by Crippen LogP contribution is 2.32. The largest absolute Gasteiger partial charge is 0.486 e. The maximum Gasteiger partial charge on any atom is 0.315 e. The maximum absolute atomic E-state index is 11.9. The van der Waals surface area contributed by atoms with E-state index in [4.69, 9.17) is 9.47 Å². The normalized spacial score (nSPS) is 14.2. The van der Waals surface area contributed by atoms with Crippen molar-refractivity contribution in [2.45, 2.75) is 19.5 Å². The van der Waals surface area contributed by atoms with E-state index in [1.54, 1.807) is 11.3 Å². The average molecular weight is 318 g/mol. The maximum atomic E-state index is 11.9. The van der Waals surface area contributed by atoms with Gasteiger partial charge in [-0.15, -0.1) is 11.3 Å². The van der Waals surface area contributed by atoms with Crippen LogP contribution in [0.4, 0.5) is 4.79 Å². The molecule has 2 aromatic rings. The minimum absolute atomic E-state index is 0.112. The third kappa shape index (κ3) is 3.51. The number of carbonyl (C=O) groups excluding carboxylic acids is 1. The van der Waals surface area contributed by atoms with Crippen molar-refractivity contribution >= 4 is 17.4 Å². The Hall–Kier alpha value is -2.21. The molecular weight excluding hydrogens is 300 g/mol. The van der Waals surface area contributed by atoms with Crippen LogP contribution in [-0.4, -0.2) is 19.2 Å². The van der Waals surface area contributed by atoms with Crippen LogP contribution in [0, 0.1) is 0 Å². The molecule has 0 radical (unpaired) electrons. The molecular formula is C16H18N2O3S. The van der Waals surface area contributed by atoms with Gasteiger partial charge in [-0.05, 0) is 36.1 Å². The Balaban J connectivity index is 1.56. The second-order valence-corrected chi connectivity index (χ2v) is 6.06. The number of thiophene rings is 1. The third-order valence-corrected chi connectivity index (χ3v) is 4.29. The van der Waals surface area contributed by atoms with E-state index in [-0.39, 0.29) is 12.1 Å². The lowest BCUT2D eigenvalue weighted by Gasteiger charge is -2.21. The molecule has 1 aromatic carbocycles. The van der Waals surface area contributed by atoms with Crippen LogP contribution in [0.25, 0.3) is 0 Å². The van der Waals surface area contributed by atoms with Crippen LogP contribution in [0.15, 0.2) is 35.7 Å². The molecule has 22 heavy (non-hydrogen) atoms. The van der Waals surface area contributed by atoms with Gasteiger partial charge in [0.05, 0.1) is 12.6 Å². The molecule has 0 fully saturated rings. The summed E-state index contributed by atoms with van der Waals surface area (Å²) in [4.78, 5) is 13.1. The van der Waals surface area contributed by atoms with E-state index >= 15 is 0 Å². The van der Waals surface area contributed by atoms with E-state index in [1.807, 2.05) is 42.6 Å². The van der Waals surface area contributed by atoms with E-state index in [0.29, 0.717) is 19.8 Å². The standard InChI is InChI=1S/C16H18N2O3S/c1-11(18-16(19)17-10-13-3-2-8-22-13)12-4-5-14-15(9-12)21-7-6-20-14/h2-5,8-9,11H,6-7,10H2,1H3,(H2,17,18,19)/t11-/m1/s1. The van der Waals surface area contributed by atoms with E-state index in [2.05, 4.69) is 10.6 Å². The molecule has 116 valence electrons. The van der Waals surface area contributed by atoms with Crippen molar-refractivity contribution in [1.29, 1.82) is 0 Å². The molecule has 5 nitrogen and oxygen atoms in total. The van der Waals surface area contributed by atoms with Gasteiger partial charge in [-0.2, -0.15) is 0 Å². The predicted molar refractivity (Wildman–Crippen MR) is 85.5 cm³/mol. The zero-order valence-corrected chi connectivity index (χ0v) is 13.1. The molecule has 3 rings (SSSR count). The van der Waals surface area contributed by atoms with Gasteiger partial charge in [-0.1, -0.05) is 12.1 Å². The van der Waals surface area contributed by atoms with Gasteiger partial charge in [0, 0.05) is 4.88 Å². The highest BCUT2D eigenvalue weighted by molar-refractivity contribution is 7.09. The average Bonchev–Trinajstić information content (AvgIpc) is 3.06. The lowest BCUT2D eigenvalue weighted by molar-refractivity contribution is 0.171. The first-order valence-electron chi connectivity index (χ1n) is 7.18. The van der Waals surface area contributed by atoms with E-state index in [0.717, 1.165) is 21.9 Å². The molecule has 0 spiro atoms. The monoisotopic (exact) mass is 318 g/mol. The Morgan fingerprint density at radius 2 is 2.09 bits per heavy atom. The Kier molecular flexibility index (Phi) is 4.48. The number of rotatable bonds is 4. The second-order valence-electron chi connectivity index (χ2n) is 5.03. The van der Waals surface area contributed by atoms with Gasteiger partial charge < -0.3 is 20.1 Å². The molecule has 1 aliphatic rings. The molecule has 0 aliphatic carbocycles. The molecule has 6 heteroatoms. The summed E-state index contributed by atoms with van der Waals surface area (Å²) in [6.07, 6.45) is 0. The van der Waals surface area contributed by atoms with Crippen LogP contribution in [-0.2, 0) is 6.54 Å². The second kappa shape index (κ2) is 6.70. The van der Waals surface area contributed by atoms with Crippen molar-refractivity contribution in [2.24, 2.45) is 0 Å². The summed E-state index contributed by atoms with van der Waals surface area (Å²) < 4.78 is 11.1. The SMILES string of the molecule is C[C@@H](NC(=O)NCc1cccs1)c1ccc2c(c1)OCCO2. The number of carbonyl (C=O) groups is 1. The zero-order valence-electron chi connectivity index (χ0n) is 12.3. The smallest absolute Gasteiger partial charge is 0.315 e. The van der Waals surface area contributed by atoms with Crippen LogP contribution in [0.2, 0.25) is 0 Å². The highest BCUT2D eigenvalue weighted by atomic mass is 32.1. The number of fused-ring (bicyclic) bond motifs is 1. The molecule has 2 amide bonds. The first-order valence-corrected chi connectivity index (χ1v) is 8.06. The number of benzene rings is 1. The summed E-state index contributed by atoms with van der Waals surface area (Å²) in [6, 6.07) is 9.41. The molecule has 1 aromatic heterocycles. The van der Waals surface area contributed by atoms with Crippen molar-refractivity contribution in [1.82, 2.24) is 10.6 Å². The van der Waals surface area contributed by atoms with Crippen LogP contribution < -0.4 is 20.1 Å². The van der Waals surface area contributed by atoms with Crippen molar-refractivity contribution < 1.29 is 14.3 Å². The lowest BCUT2D eigenvalue weighted by atomic mass is 10.1. The first kappa shape index (κ1) is 14.7. The topological polar surface area (TPSA) is 59.6 Å². The third-order valence-electron chi connectivity index (χ3n) is 3.42. The van der Waals surface area contributed by atoms with Gasteiger partial charge in [0.25, 0.3) is 0 Å². The number of amides is 2. The molecule has 1 aliphatic heterocycles. The van der Waals surface area contributed by atoms with E-state index in [1.165, 1.54) is 0 Å². The Morgan fingerprint density at radius 1 is 1.27 bits per heavy atom. The summed E-state index contributed by atoms with van der Waals surface area (Å²) in [5, 5.41) is 7.77. The van der Waals surface area contributed by atoms with Gasteiger partial charge in [0.1, 0.15) is 13.2 Å². The van der Waals surface area contributed by atoms with Crippen LogP contribution >= 0.6 is 11.3 Å². The quantitative estimate of drug-likeness (QED) is 0.911. The molecule has 2 N–H and O–H groups in total. The number of ether oxygens (including phenoxy) is 2. The first-order chi connectivity index (χ1) is 10.7. The molecule has 1 atom stereocenters. The molecule has 0 unspecified atom stereocenters. The van der Waals surface area contributed by atoms with Gasteiger partial charge in [0.2, 0.25) is 0 Å².